The molecule has 0 spiro atoms. The van der Waals surface area contributed by atoms with Crippen LogP contribution in [0.2, 0.25) is 0 Å². The summed E-state index contributed by atoms with van der Waals surface area (Å²) >= 11 is 0. The van der Waals surface area contributed by atoms with Gasteiger partial charge in [0.25, 0.3) is 11.5 Å². The highest BCUT2D eigenvalue weighted by Gasteiger charge is 2.17. The SMILES string of the molecule is Cc1cc(-c2nc(C(=O)NCCc3ccccc3)cn2Cc2ccccc2)cn(C)c1=O. The minimum absolute atomic E-state index is 0.0474. The van der Waals surface area contributed by atoms with E-state index in [1.165, 1.54) is 5.56 Å². The molecule has 6 nitrogen and oxygen atoms in total. The molecule has 2 heterocycles. The summed E-state index contributed by atoms with van der Waals surface area (Å²) in [5.74, 6) is 0.441. The minimum Gasteiger partial charge on any atom is -0.350 e. The number of nitrogens with one attached hydrogen (secondary N) is 1. The Bertz CT molecular complexity index is 1250. The Morgan fingerprint density at radius 2 is 1.62 bits per heavy atom. The van der Waals surface area contributed by atoms with Gasteiger partial charge in [0.2, 0.25) is 0 Å². The second-order valence-electron chi connectivity index (χ2n) is 7.88. The molecule has 0 saturated heterocycles. The first-order valence-electron chi connectivity index (χ1n) is 10.6. The van der Waals surface area contributed by atoms with E-state index in [2.05, 4.69) is 10.3 Å². The van der Waals surface area contributed by atoms with Crippen molar-refractivity contribution in [2.75, 3.05) is 6.54 Å². The maximum Gasteiger partial charge on any atom is 0.271 e. The molecule has 6 heteroatoms. The number of rotatable bonds is 7. The fraction of sp³-hybridized carbons (Fsp3) is 0.192. The number of aryl methyl sites for hydroxylation is 2. The first kappa shape index (κ1) is 21.3. The van der Waals surface area contributed by atoms with Gasteiger partial charge in [0.1, 0.15) is 11.5 Å². The van der Waals surface area contributed by atoms with E-state index in [-0.39, 0.29) is 11.5 Å². The highest BCUT2D eigenvalue weighted by Crippen LogP contribution is 2.20. The number of nitrogens with zero attached hydrogens (tertiary/aromatic N) is 3. The number of amides is 1. The van der Waals surface area contributed by atoms with E-state index in [1.54, 1.807) is 30.9 Å². The molecule has 0 unspecified atom stereocenters. The summed E-state index contributed by atoms with van der Waals surface area (Å²) in [6.45, 7) is 2.89. The number of carbonyl (C=O) groups is 1. The summed E-state index contributed by atoms with van der Waals surface area (Å²) in [7, 11) is 1.72. The van der Waals surface area contributed by atoms with Gasteiger partial charge in [0, 0.05) is 43.7 Å². The summed E-state index contributed by atoms with van der Waals surface area (Å²) in [6.07, 6.45) is 4.29. The molecule has 32 heavy (non-hydrogen) atoms. The van der Waals surface area contributed by atoms with Gasteiger partial charge in [0.15, 0.2) is 0 Å². The maximum absolute atomic E-state index is 12.8. The van der Waals surface area contributed by atoms with Crippen molar-refractivity contribution in [1.29, 1.82) is 0 Å². The first-order chi connectivity index (χ1) is 15.5. The molecular weight excluding hydrogens is 400 g/mol. The van der Waals surface area contributed by atoms with Crippen LogP contribution in [0.5, 0.6) is 0 Å². The van der Waals surface area contributed by atoms with E-state index in [0.717, 1.165) is 17.5 Å². The monoisotopic (exact) mass is 426 g/mol. The lowest BCUT2D eigenvalue weighted by molar-refractivity contribution is 0.0949. The Morgan fingerprint density at radius 3 is 2.28 bits per heavy atom. The van der Waals surface area contributed by atoms with Crippen molar-refractivity contribution in [3.05, 3.63) is 112 Å². The van der Waals surface area contributed by atoms with Crippen LogP contribution in [0, 0.1) is 6.92 Å². The van der Waals surface area contributed by atoms with E-state index in [1.807, 2.05) is 71.3 Å². The number of hydrogen-bond donors (Lipinski definition) is 1. The van der Waals surface area contributed by atoms with Crippen LogP contribution < -0.4 is 10.9 Å². The van der Waals surface area contributed by atoms with Gasteiger partial charge in [-0.3, -0.25) is 9.59 Å². The Balaban J connectivity index is 1.61. The third-order valence-corrected chi connectivity index (χ3v) is 5.37. The third kappa shape index (κ3) is 4.86. The zero-order valence-corrected chi connectivity index (χ0v) is 18.3. The van der Waals surface area contributed by atoms with Crippen LogP contribution in [0.3, 0.4) is 0 Å². The number of carbonyl (C=O) groups excluding carboxylic acids is 1. The second kappa shape index (κ2) is 9.47. The molecule has 0 atom stereocenters. The van der Waals surface area contributed by atoms with Crippen LogP contribution in [0.4, 0.5) is 0 Å². The molecule has 0 bridgehead atoms. The predicted molar refractivity (Wildman–Crippen MR) is 126 cm³/mol. The van der Waals surface area contributed by atoms with Gasteiger partial charge < -0.3 is 14.5 Å². The van der Waals surface area contributed by atoms with Gasteiger partial charge in [-0.1, -0.05) is 60.7 Å². The minimum atomic E-state index is -0.212. The van der Waals surface area contributed by atoms with Crippen LogP contribution in [0.1, 0.15) is 27.2 Å². The van der Waals surface area contributed by atoms with E-state index < -0.39 is 0 Å². The van der Waals surface area contributed by atoms with Crippen molar-refractivity contribution in [2.45, 2.75) is 19.9 Å². The lowest BCUT2D eigenvalue weighted by Gasteiger charge is -2.10. The van der Waals surface area contributed by atoms with Crippen molar-refractivity contribution in [1.82, 2.24) is 19.4 Å². The average molecular weight is 427 g/mol. The fourth-order valence-corrected chi connectivity index (χ4v) is 3.71. The normalized spacial score (nSPS) is 10.8. The van der Waals surface area contributed by atoms with E-state index in [0.29, 0.717) is 30.2 Å². The topological polar surface area (TPSA) is 68.9 Å². The van der Waals surface area contributed by atoms with Crippen molar-refractivity contribution in [3.8, 4) is 11.4 Å². The van der Waals surface area contributed by atoms with Gasteiger partial charge in [0.05, 0.1) is 0 Å². The zero-order chi connectivity index (χ0) is 22.5. The molecule has 0 aliphatic carbocycles. The standard InChI is InChI=1S/C26H26N4O2/c1-19-15-22(17-29(2)26(19)32)24-28-23(18-30(24)16-21-11-7-4-8-12-21)25(31)27-14-13-20-9-5-3-6-10-20/h3-12,15,17-18H,13-14,16H2,1-2H3,(H,27,31). The number of benzene rings is 2. The van der Waals surface area contributed by atoms with Crippen molar-refractivity contribution < 1.29 is 4.79 Å². The van der Waals surface area contributed by atoms with Crippen LogP contribution in [-0.4, -0.2) is 26.6 Å². The smallest absolute Gasteiger partial charge is 0.271 e. The lowest BCUT2D eigenvalue weighted by atomic mass is 10.1. The Kier molecular flexibility index (Phi) is 6.31. The fourth-order valence-electron chi connectivity index (χ4n) is 3.71. The van der Waals surface area contributed by atoms with Crippen LogP contribution >= 0.6 is 0 Å². The van der Waals surface area contributed by atoms with E-state index in [9.17, 15) is 9.59 Å². The summed E-state index contributed by atoms with van der Waals surface area (Å²) in [6, 6.07) is 21.9. The molecule has 1 amide bonds. The predicted octanol–water partition coefficient (Wildman–Crippen LogP) is 3.58. The summed E-state index contributed by atoms with van der Waals surface area (Å²) in [5.41, 5.74) is 4.01. The highest BCUT2D eigenvalue weighted by molar-refractivity contribution is 5.92. The second-order valence-corrected chi connectivity index (χ2v) is 7.88. The van der Waals surface area contributed by atoms with Crippen molar-refractivity contribution >= 4 is 5.91 Å². The number of hydrogen-bond acceptors (Lipinski definition) is 3. The number of pyridine rings is 1. The van der Waals surface area contributed by atoms with Gasteiger partial charge in [-0.05, 0) is 30.5 Å². The molecule has 4 rings (SSSR count). The molecule has 0 radical (unpaired) electrons. The van der Waals surface area contributed by atoms with Gasteiger partial charge >= 0.3 is 0 Å². The van der Waals surface area contributed by atoms with Gasteiger partial charge in [-0.15, -0.1) is 0 Å². The largest absolute Gasteiger partial charge is 0.350 e. The van der Waals surface area contributed by atoms with Crippen LogP contribution in [0.15, 0.2) is 83.9 Å². The van der Waals surface area contributed by atoms with Crippen LogP contribution in [0.25, 0.3) is 11.4 Å². The molecule has 0 aliphatic rings. The molecule has 0 saturated carbocycles. The summed E-state index contributed by atoms with van der Waals surface area (Å²) < 4.78 is 3.51. The molecule has 2 aromatic carbocycles. The Hall–Kier alpha value is -3.93. The molecule has 0 aliphatic heterocycles. The molecule has 4 aromatic rings. The van der Waals surface area contributed by atoms with Crippen molar-refractivity contribution in [2.24, 2.45) is 7.05 Å². The van der Waals surface area contributed by atoms with Crippen molar-refractivity contribution in [3.63, 3.8) is 0 Å². The lowest BCUT2D eigenvalue weighted by Crippen LogP contribution is -2.26. The molecule has 1 N–H and O–H groups in total. The summed E-state index contributed by atoms with van der Waals surface area (Å²) in [5, 5.41) is 2.97. The molecule has 0 fully saturated rings. The Morgan fingerprint density at radius 1 is 0.969 bits per heavy atom. The van der Waals surface area contributed by atoms with Gasteiger partial charge in [-0.25, -0.2) is 4.98 Å². The molecular formula is C26H26N4O2. The van der Waals surface area contributed by atoms with E-state index in [4.69, 9.17) is 0 Å². The number of imidazole rings is 1. The molecule has 2 aromatic heterocycles. The van der Waals surface area contributed by atoms with Gasteiger partial charge in [-0.2, -0.15) is 0 Å². The Labute approximate surface area is 187 Å². The first-order valence-corrected chi connectivity index (χ1v) is 10.6. The third-order valence-electron chi connectivity index (χ3n) is 5.37. The average Bonchev–Trinajstić information content (AvgIpc) is 3.22. The zero-order valence-electron chi connectivity index (χ0n) is 18.3. The molecule has 162 valence electrons. The maximum atomic E-state index is 12.8. The number of aromatic nitrogens is 3. The van der Waals surface area contributed by atoms with E-state index >= 15 is 0 Å². The highest BCUT2D eigenvalue weighted by atomic mass is 16.2. The quantitative estimate of drug-likeness (QED) is 0.491. The summed E-state index contributed by atoms with van der Waals surface area (Å²) in [4.78, 5) is 29.6. The van der Waals surface area contributed by atoms with Crippen LogP contribution in [-0.2, 0) is 20.0 Å².